The summed E-state index contributed by atoms with van der Waals surface area (Å²) < 4.78 is 10.6. The van der Waals surface area contributed by atoms with Gasteiger partial charge >= 0.3 is 0 Å². The van der Waals surface area contributed by atoms with E-state index in [0.717, 1.165) is 0 Å². The number of aliphatic hydroxyl groups is 1. The van der Waals surface area contributed by atoms with E-state index in [1.54, 1.807) is 35.7 Å². The highest BCUT2D eigenvalue weighted by molar-refractivity contribution is 7.10. The number of rotatable bonds is 7. The van der Waals surface area contributed by atoms with Gasteiger partial charge < -0.3 is 19.5 Å². The maximum Gasteiger partial charge on any atom is 0.295 e. The normalized spacial score (nSPS) is 17.1. The first kappa shape index (κ1) is 23.0. The summed E-state index contributed by atoms with van der Waals surface area (Å²) >= 11 is 1.33. The lowest BCUT2D eigenvalue weighted by atomic mass is 9.99. The number of non-ortho nitro benzene ring substituents is 1. The van der Waals surface area contributed by atoms with Crippen molar-refractivity contribution in [3.63, 3.8) is 0 Å². The van der Waals surface area contributed by atoms with E-state index in [9.17, 15) is 24.8 Å². The third-order valence-corrected chi connectivity index (χ3v) is 6.41. The van der Waals surface area contributed by atoms with E-state index in [-0.39, 0.29) is 23.4 Å². The lowest BCUT2D eigenvalue weighted by Gasteiger charge is -2.24. The zero-order valence-corrected chi connectivity index (χ0v) is 19.1. The van der Waals surface area contributed by atoms with Gasteiger partial charge in [0.1, 0.15) is 5.76 Å². The number of ketones is 1. The molecule has 0 spiro atoms. The van der Waals surface area contributed by atoms with Crippen molar-refractivity contribution in [2.45, 2.75) is 12.6 Å². The standard InChI is InChI=1S/C24H20N2O7S/c1-32-17-9-8-14(11-18(17)33-2)13-25-21(19-7-4-10-34-19)20(23(28)24(25)29)22(27)15-5-3-6-16(12-15)26(30)31/h3-12,21,27H,13H2,1-2H3/b22-20-. The van der Waals surface area contributed by atoms with E-state index >= 15 is 0 Å². The van der Waals surface area contributed by atoms with Crippen LogP contribution in [-0.2, 0) is 16.1 Å². The molecular weight excluding hydrogens is 460 g/mol. The number of benzene rings is 2. The zero-order valence-electron chi connectivity index (χ0n) is 18.3. The quantitative estimate of drug-likeness (QED) is 0.176. The number of carbonyl (C=O) groups excluding carboxylic acids is 2. The molecule has 1 aliphatic rings. The number of nitrogens with zero attached hydrogens (tertiary/aromatic N) is 2. The summed E-state index contributed by atoms with van der Waals surface area (Å²) in [6, 6.07) is 13.2. The second-order valence-electron chi connectivity index (χ2n) is 7.44. The van der Waals surface area contributed by atoms with Crippen molar-refractivity contribution in [2.24, 2.45) is 0 Å². The molecule has 3 aromatic rings. The predicted molar refractivity (Wildman–Crippen MR) is 125 cm³/mol. The summed E-state index contributed by atoms with van der Waals surface area (Å²) in [4.78, 5) is 38.8. The van der Waals surface area contributed by atoms with E-state index in [2.05, 4.69) is 0 Å². The van der Waals surface area contributed by atoms with Crippen LogP contribution in [0.15, 0.2) is 65.6 Å². The molecule has 34 heavy (non-hydrogen) atoms. The van der Waals surface area contributed by atoms with Crippen LogP contribution in [0.1, 0.15) is 22.0 Å². The molecule has 174 valence electrons. The van der Waals surface area contributed by atoms with Crippen LogP contribution in [-0.4, -0.2) is 40.8 Å². The molecule has 1 N–H and O–H groups in total. The van der Waals surface area contributed by atoms with Crippen LogP contribution in [0.2, 0.25) is 0 Å². The number of amides is 1. The van der Waals surface area contributed by atoms with Gasteiger partial charge in [0.25, 0.3) is 17.4 Å². The number of Topliss-reactive ketones (excluding diaryl/α,β-unsaturated/α-hetero) is 1. The molecule has 2 aromatic carbocycles. The number of thiophene rings is 1. The maximum absolute atomic E-state index is 13.1. The first-order valence-electron chi connectivity index (χ1n) is 10.1. The van der Waals surface area contributed by atoms with Crippen LogP contribution >= 0.6 is 11.3 Å². The van der Waals surface area contributed by atoms with E-state index in [1.807, 2.05) is 0 Å². The van der Waals surface area contributed by atoms with Gasteiger partial charge in [0.05, 0.1) is 30.8 Å². The molecule has 1 fully saturated rings. The van der Waals surface area contributed by atoms with Crippen LogP contribution in [0.25, 0.3) is 5.76 Å². The van der Waals surface area contributed by atoms with Gasteiger partial charge in [-0.1, -0.05) is 24.3 Å². The summed E-state index contributed by atoms with van der Waals surface area (Å²) in [7, 11) is 3.01. The molecule has 2 heterocycles. The van der Waals surface area contributed by atoms with Crippen molar-refractivity contribution in [3.05, 3.63) is 91.7 Å². The van der Waals surface area contributed by atoms with Gasteiger partial charge in [0.15, 0.2) is 11.5 Å². The van der Waals surface area contributed by atoms with Crippen molar-refractivity contribution in [3.8, 4) is 11.5 Å². The van der Waals surface area contributed by atoms with Crippen LogP contribution in [0.3, 0.4) is 0 Å². The van der Waals surface area contributed by atoms with Crippen molar-refractivity contribution in [1.29, 1.82) is 0 Å². The minimum atomic E-state index is -0.858. The highest BCUT2D eigenvalue weighted by atomic mass is 32.1. The number of nitro groups is 1. The van der Waals surface area contributed by atoms with Gasteiger partial charge in [-0.25, -0.2) is 0 Å². The monoisotopic (exact) mass is 480 g/mol. The molecule has 9 nitrogen and oxygen atoms in total. The number of hydrogen-bond donors (Lipinski definition) is 1. The molecule has 1 aromatic heterocycles. The lowest BCUT2D eigenvalue weighted by Crippen LogP contribution is -2.28. The Kier molecular flexibility index (Phi) is 6.33. The Hall–Kier alpha value is -4.18. The summed E-state index contributed by atoms with van der Waals surface area (Å²) in [6.07, 6.45) is 0. The number of carbonyl (C=O) groups is 2. The highest BCUT2D eigenvalue weighted by Crippen LogP contribution is 2.42. The van der Waals surface area contributed by atoms with Crippen molar-refractivity contribution in [2.75, 3.05) is 14.2 Å². The Bertz CT molecular complexity index is 1300. The Balaban J connectivity index is 1.81. The maximum atomic E-state index is 13.1. The molecule has 0 bridgehead atoms. The Morgan fingerprint density at radius 3 is 2.50 bits per heavy atom. The molecule has 0 aliphatic carbocycles. The van der Waals surface area contributed by atoms with Crippen molar-refractivity contribution < 1.29 is 29.1 Å². The first-order valence-corrected chi connectivity index (χ1v) is 11.0. The van der Waals surface area contributed by atoms with E-state index in [0.29, 0.717) is 21.9 Å². The SMILES string of the molecule is COc1ccc(CN2C(=O)C(=O)/C(=C(\O)c3cccc([N+](=O)[O-])c3)C2c2cccs2)cc1OC. The van der Waals surface area contributed by atoms with Gasteiger partial charge in [-0.3, -0.25) is 19.7 Å². The largest absolute Gasteiger partial charge is 0.507 e. The Morgan fingerprint density at radius 1 is 1.09 bits per heavy atom. The molecule has 1 unspecified atom stereocenters. The summed E-state index contributed by atoms with van der Waals surface area (Å²) in [5.41, 5.74) is 0.418. The molecule has 1 saturated heterocycles. The Morgan fingerprint density at radius 2 is 1.85 bits per heavy atom. The number of likely N-dealkylation sites (tertiary alicyclic amines) is 1. The third-order valence-electron chi connectivity index (χ3n) is 5.48. The fourth-order valence-corrected chi connectivity index (χ4v) is 4.73. The van der Waals surface area contributed by atoms with Gasteiger partial charge in [0, 0.05) is 29.1 Å². The smallest absolute Gasteiger partial charge is 0.295 e. The summed E-state index contributed by atoms with van der Waals surface area (Å²) in [5, 5.41) is 24.0. The highest BCUT2D eigenvalue weighted by Gasteiger charge is 2.46. The minimum Gasteiger partial charge on any atom is -0.507 e. The minimum absolute atomic E-state index is 0.0687. The third kappa shape index (κ3) is 4.11. The number of hydrogen-bond acceptors (Lipinski definition) is 8. The average Bonchev–Trinajstić information content (AvgIpc) is 3.46. The van der Waals surface area contributed by atoms with Crippen LogP contribution in [0.4, 0.5) is 5.69 Å². The van der Waals surface area contributed by atoms with Crippen molar-refractivity contribution >= 4 is 34.5 Å². The number of ether oxygens (including phenoxy) is 2. The van der Waals surface area contributed by atoms with Crippen molar-refractivity contribution in [1.82, 2.24) is 4.90 Å². The van der Waals surface area contributed by atoms with Gasteiger partial charge in [-0.05, 0) is 29.1 Å². The molecular formula is C24H20N2O7S. The summed E-state index contributed by atoms with van der Waals surface area (Å²) in [6.45, 7) is 0.0687. The van der Waals surface area contributed by atoms with E-state index in [1.165, 1.54) is 54.7 Å². The van der Waals surface area contributed by atoms with Gasteiger partial charge in [0.2, 0.25) is 0 Å². The van der Waals surface area contributed by atoms with E-state index in [4.69, 9.17) is 9.47 Å². The molecule has 4 rings (SSSR count). The van der Waals surface area contributed by atoms with Gasteiger partial charge in [-0.15, -0.1) is 11.3 Å². The molecule has 10 heteroatoms. The molecule has 0 radical (unpaired) electrons. The average molecular weight is 480 g/mol. The van der Waals surface area contributed by atoms with E-state index < -0.39 is 28.4 Å². The van der Waals surface area contributed by atoms with Gasteiger partial charge in [-0.2, -0.15) is 0 Å². The predicted octanol–water partition coefficient (Wildman–Crippen LogP) is 4.30. The number of methoxy groups -OCH3 is 2. The Labute approximate surface area is 198 Å². The van der Waals surface area contributed by atoms with Crippen LogP contribution in [0.5, 0.6) is 11.5 Å². The molecule has 1 aliphatic heterocycles. The molecule has 0 saturated carbocycles. The summed E-state index contributed by atoms with van der Waals surface area (Å²) in [5.74, 6) is -1.10. The van der Waals surface area contributed by atoms with Crippen LogP contribution in [0, 0.1) is 10.1 Å². The number of aliphatic hydroxyl groups excluding tert-OH is 1. The number of nitro benzene ring substituents is 1. The van der Waals surface area contributed by atoms with Crippen LogP contribution < -0.4 is 9.47 Å². The zero-order chi connectivity index (χ0) is 24.4. The fraction of sp³-hybridized carbons (Fsp3) is 0.167. The first-order chi connectivity index (χ1) is 16.3. The fourth-order valence-electron chi connectivity index (χ4n) is 3.88. The molecule has 1 amide bonds. The lowest BCUT2D eigenvalue weighted by molar-refractivity contribution is -0.384. The molecule has 1 atom stereocenters. The topological polar surface area (TPSA) is 119 Å². The second kappa shape index (κ2) is 9.36. The second-order valence-corrected chi connectivity index (χ2v) is 8.42.